The summed E-state index contributed by atoms with van der Waals surface area (Å²) in [5.74, 6) is -0.356. The highest BCUT2D eigenvalue weighted by atomic mass is 32.2. The number of alkyl halides is 3. The van der Waals surface area contributed by atoms with Crippen LogP contribution in [0.3, 0.4) is 0 Å². The third kappa shape index (κ3) is 4.68. The number of halogens is 3. The molecule has 24 heavy (non-hydrogen) atoms. The van der Waals surface area contributed by atoms with Crippen LogP contribution in [0, 0.1) is 0 Å². The summed E-state index contributed by atoms with van der Waals surface area (Å²) >= 11 is 0. The Hall–Kier alpha value is -1.65. The molecule has 0 atom stereocenters. The SMILES string of the molecule is NC1(C(=O)Nc2ccc(S(=O)(=O)NCC(F)(F)F)cc2)CCCC1. The van der Waals surface area contributed by atoms with Crippen LogP contribution in [0.15, 0.2) is 29.2 Å². The second-order valence-electron chi connectivity index (χ2n) is 5.78. The second kappa shape index (κ2) is 6.69. The van der Waals surface area contributed by atoms with Gasteiger partial charge in [0.15, 0.2) is 0 Å². The maximum absolute atomic E-state index is 12.1. The molecular weight excluding hydrogens is 347 g/mol. The van der Waals surface area contributed by atoms with Crippen LogP contribution in [0.4, 0.5) is 18.9 Å². The molecule has 10 heteroatoms. The molecule has 2 rings (SSSR count). The van der Waals surface area contributed by atoms with Gasteiger partial charge in [-0.05, 0) is 37.1 Å². The molecule has 0 radical (unpaired) electrons. The van der Waals surface area contributed by atoms with E-state index in [1.165, 1.54) is 16.9 Å². The molecule has 0 saturated heterocycles. The number of hydrogen-bond acceptors (Lipinski definition) is 4. The van der Waals surface area contributed by atoms with Crippen LogP contribution in [0.5, 0.6) is 0 Å². The van der Waals surface area contributed by atoms with Gasteiger partial charge in [-0.1, -0.05) is 12.8 Å². The molecule has 0 spiro atoms. The summed E-state index contributed by atoms with van der Waals surface area (Å²) in [6.45, 7) is -1.65. The van der Waals surface area contributed by atoms with Gasteiger partial charge in [0.05, 0.1) is 10.4 Å². The Morgan fingerprint density at radius 2 is 1.71 bits per heavy atom. The summed E-state index contributed by atoms with van der Waals surface area (Å²) < 4.78 is 61.3. The molecule has 1 saturated carbocycles. The van der Waals surface area contributed by atoms with E-state index in [2.05, 4.69) is 5.32 Å². The maximum atomic E-state index is 12.1. The summed E-state index contributed by atoms with van der Waals surface area (Å²) in [4.78, 5) is 11.8. The minimum Gasteiger partial charge on any atom is -0.324 e. The quantitative estimate of drug-likeness (QED) is 0.740. The highest BCUT2D eigenvalue weighted by molar-refractivity contribution is 7.89. The lowest BCUT2D eigenvalue weighted by Gasteiger charge is -2.22. The lowest BCUT2D eigenvalue weighted by atomic mass is 9.98. The fourth-order valence-corrected chi connectivity index (χ4v) is 3.48. The van der Waals surface area contributed by atoms with Crippen molar-refractivity contribution < 1.29 is 26.4 Å². The van der Waals surface area contributed by atoms with Crippen molar-refractivity contribution in [2.75, 3.05) is 11.9 Å². The Kier molecular flexibility index (Phi) is 5.21. The van der Waals surface area contributed by atoms with Crippen molar-refractivity contribution in [3.8, 4) is 0 Å². The Labute approximate surface area is 137 Å². The lowest BCUT2D eigenvalue weighted by molar-refractivity contribution is -0.122. The van der Waals surface area contributed by atoms with E-state index in [1.54, 1.807) is 0 Å². The summed E-state index contributed by atoms with van der Waals surface area (Å²) in [7, 11) is -4.27. The first kappa shape index (κ1) is 18.7. The van der Waals surface area contributed by atoms with E-state index in [0.29, 0.717) is 18.5 Å². The molecule has 1 aromatic carbocycles. The molecule has 0 aliphatic heterocycles. The number of anilines is 1. The molecule has 6 nitrogen and oxygen atoms in total. The summed E-state index contributed by atoms with van der Waals surface area (Å²) in [5.41, 5.74) is 5.40. The van der Waals surface area contributed by atoms with Crippen LogP contribution < -0.4 is 15.8 Å². The molecule has 0 heterocycles. The summed E-state index contributed by atoms with van der Waals surface area (Å²) in [6, 6.07) is 4.84. The molecule has 134 valence electrons. The average molecular weight is 365 g/mol. The third-order valence-corrected chi connectivity index (χ3v) is 5.25. The maximum Gasteiger partial charge on any atom is 0.402 e. The van der Waals surface area contributed by atoms with E-state index in [1.807, 2.05) is 0 Å². The minimum absolute atomic E-state index is 0.325. The van der Waals surface area contributed by atoms with Crippen LogP contribution in [0.25, 0.3) is 0 Å². The number of carbonyl (C=O) groups excluding carboxylic acids is 1. The first-order valence-corrected chi connectivity index (χ1v) is 8.77. The zero-order valence-corrected chi connectivity index (χ0v) is 13.5. The van der Waals surface area contributed by atoms with Crippen molar-refractivity contribution in [3.05, 3.63) is 24.3 Å². The van der Waals surface area contributed by atoms with Crippen LogP contribution in [0.1, 0.15) is 25.7 Å². The van der Waals surface area contributed by atoms with Crippen molar-refractivity contribution in [3.63, 3.8) is 0 Å². The van der Waals surface area contributed by atoms with Gasteiger partial charge >= 0.3 is 6.18 Å². The molecule has 1 aliphatic carbocycles. The molecule has 0 bridgehead atoms. The number of carbonyl (C=O) groups is 1. The van der Waals surface area contributed by atoms with Gasteiger partial charge in [-0.15, -0.1) is 0 Å². The van der Waals surface area contributed by atoms with Crippen LogP contribution in [0.2, 0.25) is 0 Å². The predicted molar refractivity (Wildman–Crippen MR) is 81.7 cm³/mol. The lowest BCUT2D eigenvalue weighted by Crippen LogP contribution is -2.48. The number of nitrogens with one attached hydrogen (secondary N) is 2. The Morgan fingerprint density at radius 3 is 2.21 bits per heavy atom. The number of rotatable bonds is 5. The van der Waals surface area contributed by atoms with Crippen LogP contribution >= 0.6 is 0 Å². The van der Waals surface area contributed by atoms with Gasteiger partial charge in [-0.3, -0.25) is 4.79 Å². The van der Waals surface area contributed by atoms with Crippen LogP contribution in [-0.2, 0) is 14.8 Å². The first-order valence-electron chi connectivity index (χ1n) is 7.29. The highest BCUT2D eigenvalue weighted by Crippen LogP contribution is 2.28. The monoisotopic (exact) mass is 365 g/mol. The van der Waals surface area contributed by atoms with Crippen molar-refractivity contribution >= 4 is 21.6 Å². The van der Waals surface area contributed by atoms with Crippen molar-refractivity contribution in [1.29, 1.82) is 0 Å². The normalized spacial score (nSPS) is 17.7. The van der Waals surface area contributed by atoms with Gasteiger partial charge in [0.2, 0.25) is 15.9 Å². The topological polar surface area (TPSA) is 101 Å². The Bertz CT molecular complexity index is 696. The summed E-state index contributed by atoms with van der Waals surface area (Å²) in [5, 5.41) is 2.60. The molecule has 1 fully saturated rings. The van der Waals surface area contributed by atoms with Crippen molar-refractivity contribution in [2.45, 2.75) is 42.3 Å². The fraction of sp³-hybridized carbons (Fsp3) is 0.500. The molecule has 0 aromatic heterocycles. The largest absolute Gasteiger partial charge is 0.402 e. The smallest absolute Gasteiger partial charge is 0.324 e. The van der Waals surface area contributed by atoms with E-state index in [9.17, 15) is 26.4 Å². The third-order valence-electron chi connectivity index (χ3n) is 3.83. The van der Waals surface area contributed by atoms with Gasteiger partial charge in [0, 0.05) is 5.69 Å². The number of sulfonamides is 1. The summed E-state index contributed by atoms with van der Waals surface area (Å²) in [6.07, 6.45) is -1.75. The van der Waals surface area contributed by atoms with E-state index in [0.717, 1.165) is 25.0 Å². The van der Waals surface area contributed by atoms with E-state index < -0.39 is 28.3 Å². The van der Waals surface area contributed by atoms with E-state index in [-0.39, 0.29) is 10.8 Å². The zero-order valence-electron chi connectivity index (χ0n) is 12.7. The van der Waals surface area contributed by atoms with Crippen LogP contribution in [-0.4, -0.2) is 32.6 Å². The fourth-order valence-electron chi connectivity index (χ4n) is 2.47. The van der Waals surface area contributed by atoms with Gasteiger partial charge in [-0.2, -0.15) is 13.2 Å². The van der Waals surface area contributed by atoms with Crippen molar-refractivity contribution in [1.82, 2.24) is 4.72 Å². The molecule has 1 aliphatic rings. The first-order chi connectivity index (χ1) is 11.0. The molecule has 0 unspecified atom stereocenters. The predicted octanol–water partition coefficient (Wildman–Crippen LogP) is 1.74. The molecular formula is C14H18F3N3O3S. The van der Waals surface area contributed by atoms with E-state index in [4.69, 9.17) is 5.73 Å². The molecule has 4 N–H and O–H groups in total. The highest BCUT2D eigenvalue weighted by Gasteiger charge is 2.37. The zero-order chi connectivity index (χ0) is 18.0. The molecule has 1 amide bonds. The number of amides is 1. The van der Waals surface area contributed by atoms with Gasteiger partial charge in [0.25, 0.3) is 0 Å². The van der Waals surface area contributed by atoms with Crippen molar-refractivity contribution in [2.24, 2.45) is 5.73 Å². The standard InChI is InChI=1S/C14H18F3N3O3S/c15-14(16,17)9-19-24(22,23)11-5-3-10(4-6-11)20-12(21)13(18)7-1-2-8-13/h3-6,19H,1-2,7-9,18H2,(H,20,21). The number of nitrogens with two attached hydrogens (primary N) is 1. The van der Waals surface area contributed by atoms with Gasteiger partial charge < -0.3 is 11.1 Å². The minimum atomic E-state index is -4.64. The second-order valence-corrected chi connectivity index (χ2v) is 7.55. The average Bonchev–Trinajstić information content (AvgIpc) is 2.93. The Balaban J connectivity index is 2.03. The van der Waals surface area contributed by atoms with Gasteiger partial charge in [-0.25, -0.2) is 13.1 Å². The number of benzene rings is 1. The van der Waals surface area contributed by atoms with E-state index >= 15 is 0 Å². The number of hydrogen-bond donors (Lipinski definition) is 3. The molecule has 1 aromatic rings. The van der Waals surface area contributed by atoms with Gasteiger partial charge in [0.1, 0.15) is 6.54 Å². The Morgan fingerprint density at radius 1 is 1.17 bits per heavy atom.